The quantitative estimate of drug-likeness (QED) is 0.224. The summed E-state index contributed by atoms with van der Waals surface area (Å²) in [6.45, 7) is 2.04. The van der Waals surface area contributed by atoms with Crippen LogP contribution in [-0.4, -0.2) is 18.5 Å². The van der Waals surface area contributed by atoms with Gasteiger partial charge in [0, 0.05) is 6.07 Å². The van der Waals surface area contributed by atoms with Gasteiger partial charge in [-0.2, -0.15) is 13.2 Å². The highest BCUT2D eigenvalue weighted by Crippen LogP contribution is 2.38. The van der Waals surface area contributed by atoms with E-state index in [1.807, 2.05) is 6.92 Å². The summed E-state index contributed by atoms with van der Waals surface area (Å²) in [6, 6.07) is 11.2. The van der Waals surface area contributed by atoms with Gasteiger partial charge in [0.2, 0.25) is 16.9 Å². The van der Waals surface area contributed by atoms with E-state index in [0.717, 1.165) is 12.1 Å². The molecule has 2 heterocycles. The number of benzene rings is 2. The van der Waals surface area contributed by atoms with E-state index >= 15 is 0 Å². The Kier molecular flexibility index (Phi) is 6.82. The smallest absolute Gasteiger partial charge is 0.453 e. The summed E-state index contributed by atoms with van der Waals surface area (Å²) in [5, 5.41) is -0.240. The molecule has 4 rings (SSSR count). The van der Waals surface area contributed by atoms with Gasteiger partial charge in [-0.1, -0.05) is 6.92 Å². The molecule has 0 radical (unpaired) electrons. The minimum absolute atomic E-state index is 0.124. The number of hydrogen-bond acceptors (Lipinski definition) is 8. The zero-order valence-electron chi connectivity index (χ0n) is 18.6. The maximum atomic E-state index is 13.8. The van der Waals surface area contributed by atoms with Gasteiger partial charge in [-0.05, 0) is 55.0 Å². The maximum absolute atomic E-state index is 13.8. The van der Waals surface area contributed by atoms with Crippen molar-refractivity contribution < 1.29 is 45.8 Å². The van der Waals surface area contributed by atoms with E-state index in [4.69, 9.17) is 23.0 Å². The summed E-state index contributed by atoms with van der Waals surface area (Å²) in [6.07, 6.45) is -3.22. The van der Waals surface area contributed by atoms with E-state index in [1.54, 1.807) is 0 Å². The largest absolute Gasteiger partial charge is 0.462 e. The molecular formula is C25H17F3O8. The van der Waals surface area contributed by atoms with E-state index in [0.29, 0.717) is 6.42 Å². The first-order valence-electron chi connectivity index (χ1n) is 10.6. The highest BCUT2D eigenvalue weighted by molar-refractivity contribution is 5.90. The standard InChI is InChI=1S/C25H17F3O8/c1-2-11-33-23(30)14-5-7-15(8-6-14)34-21-20(29)17-10-9-16(35-24(31)18-4-3-12-32-18)13-19(17)36-22(21)25(26,27)28/h3-10,12-13H,2,11H2,1H3. The first-order chi connectivity index (χ1) is 17.2. The van der Waals surface area contributed by atoms with Crippen LogP contribution in [0.4, 0.5) is 13.2 Å². The van der Waals surface area contributed by atoms with E-state index < -0.39 is 40.6 Å². The molecule has 4 aromatic rings. The molecule has 2 aromatic heterocycles. The molecule has 0 unspecified atom stereocenters. The number of furan rings is 1. The lowest BCUT2D eigenvalue weighted by molar-refractivity contribution is -0.154. The zero-order valence-corrected chi connectivity index (χ0v) is 18.6. The average molecular weight is 502 g/mol. The third-order valence-electron chi connectivity index (χ3n) is 4.76. The Morgan fingerprint density at radius 2 is 1.69 bits per heavy atom. The molecule has 2 aromatic carbocycles. The van der Waals surface area contributed by atoms with Gasteiger partial charge in [0.1, 0.15) is 17.1 Å². The van der Waals surface area contributed by atoms with Crippen molar-refractivity contribution in [2.24, 2.45) is 0 Å². The number of carbonyl (C=O) groups excluding carboxylic acids is 2. The Labute approximate surface area is 200 Å². The summed E-state index contributed by atoms with van der Waals surface area (Å²) in [7, 11) is 0. The zero-order chi connectivity index (χ0) is 25.9. The highest BCUT2D eigenvalue weighted by Gasteiger charge is 2.40. The van der Waals surface area contributed by atoms with Crippen molar-refractivity contribution in [3.05, 3.63) is 88.2 Å². The summed E-state index contributed by atoms with van der Waals surface area (Å²) in [5.74, 6) is -4.69. The van der Waals surface area contributed by atoms with Crippen LogP contribution in [-0.2, 0) is 10.9 Å². The molecule has 0 aliphatic rings. The van der Waals surface area contributed by atoms with Crippen LogP contribution in [0.3, 0.4) is 0 Å². The van der Waals surface area contributed by atoms with Crippen LogP contribution < -0.4 is 14.9 Å². The molecule has 0 aliphatic heterocycles. The summed E-state index contributed by atoms with van der Waals surface area (Å²) in [5.41, 5.74) is -1.41. The molecule has 8 nitrogen and oxygen atoms in total. The van der Waals surface area contributed by atoms with Gasteiger partial charge in [0.05, 0.1) is 23.8 Å². The molecule has 36 heavy (non-hydrogen) atoms. The first kappa shape index (κ1) is 24.6. The van der Waals surface area contributed by atoms with Crippen LogP contribution in [0, 0.1) is 0 Å². The van der Waals surface area contributed by atoms with Gasteiger partial charge in [0.25, 0.3) is 5.76 Å². The van der Waals surface area contributed by atoms with Crippen LogP contribution >= 0.6 is 0 Å². The first-order valence-corrected chi connectivity index (χ1v) is 10.6. The lowest BCUT2D eigenvalue weighted by Crippen LogP contribution is -2.15. The van der Waals surface area contributed by atoms with E-state index in [2.05, 4.69) is 0 Å². The second-order valence-electron chi connectivity index (χ2n) is 7.37. The predicted octanol–water partition coefficient (Wildman–Crippen LogP) is 5.98. The van der Waals surface area contributed by atoms with Gasteiger partial charge in [-0.15, -0.1) is 0 Å². The number of fused-ring (bicyclic) bond motifs is 1. The molecule has 0 spiro atoms. The molecule has 0 fully saturated rings. The van der Waals surface area contributed by atoms with Crippen molar-refractivity contribution in [3.63, 3.8) is 0 Å². The monoisotopic (exact) mass is 502 g/mol. The van der Waals surface area contributed by atoms with Gasteiger partial charge >= 0.3 is 18.1 Å². The van der Waals surface area contributed by atoms with Crippen LogP contribution in [0.5, 0.6) is 17.2 Å². The Morgan fingerprint density at radius 3 is 2.33 bits per heavy atom. The summed E-state index contributed by atoms with van der Waals surface area (Å²) >= 11 is 0. The minimum Gasteiger partial charge on any atom is -0.462 e. The third-order valence-corrected chi connectivity index (χ3v) is 4.76. The Hall–Kier alpha value is -4.54. The molecular weight excluding hydrogens is 485 g/mol. The van der Waals surface area contributed by atoms with Crippen molar-refractivity contribution in [1.82, 2.24) is 0 Å². The fourth-order valence-corrected chi connectivity index (χ4v) is 3.11. The number of rotatable bonds is 7. The number of hydrogen-bond donors (Lipinski definition) is 0. The van der Waals surface area contributed by atoms with Crippen molar-refractivity contribution in [2.45, 2.75) is 19.5 Å². The van der Waals surface area contributed by atoms with E-state index in [9.17, 15) is 27.6 Å². The summed E-state index contributed by atoms with van der Waals surface area (Å²) in [4.78, 5) is 36.9. The van der Waals surface area contributed by atoms with Gasteiger partial charge < -0.3 is 23.0 Å². The van der Waals surface area contributed by atoms with Crippen LogP contribution in [0.25, 0.3) is 11.0 Å². The number of esters is 2. The molecule has 0 amide bonds. The Morgan fingerprint density at radius 1 is 0.972 bits per heavy atom. The predicted molar refractivity (Wildman–Crippen MR) is 118 cm³/mol. The molecule has 186 valence electrons. The van der Waals surface area contributed by atoms with Crippen molar-refractivity contribution in [3.8, 4) is 17.2 Å². The normalized spacial score (nSPS) is 11.3. The lowest BCUT2D eigenvalue weighted by Gasteiger charge is -2.14. The lowest BCUT2D eigenvalue weighted by atomic mass is 10.2. The van der Waals surface area contributed by atoms with Crippen molar-refractivity contribution in [2.75, 3.05) is 6.61 Å². The number of carbonyl (C=O) groups is 2. The molecule has 0 atom stereocenters. The second kappa shape index (κ2) is 9.98. The molecule has 0 saturated heterocycles. The topological polar surface area (TPSA) is 105 Å². The van der Waals surface area contributed by atoms with Crippen LogP contribution in [0.1, 0.15) is 40.0 Å². The van der Waals surface area contributed by atoms with E-state index in [-0.39, 0.29) is 34.8 Å². The van der Waals surface area contributed by atoms with Gasteiger partial charge in [0.15, 0.2) is 0 Å². The minimum atomic E-state index is -5.09. The van der Waals surface area contributed by atoms with E-state index in [1.165, 1.54) is 48.7 Å². The molecule has 0 N–H and O–H groups in total. The third kappa shape index (κ3) is 5.24. The fraction of sp³-hybridized carbons (Fsp3) is 0.160. The number of ether oxygens (including phenoxy) is 3. The highest BCUT2D eigenvalue weighted by atomic mass is 19.4. The number of halogens is 3. The van der Waals surface area contributed by atoms with Crippen LogP contribution in [0.2, 0.25) is 0 Å². The average Bonchev–Trinajstić information content (AvgIpc) is 3.39. The maximum Gasteiger partial charge on any atom is 0.453 e. The Bertz CT molecular complexity index is 1450. The van der Waals surface area contributed by atoms with Gasteiger partial charge in [-0.3, -0.25) is 4.79 Å². The van der Waals surface area contributed by atoms with Crippen molar-refractivity contribution >= 4 is 22.9 Å². The van der Waals surface area contributed by atoms with Crippen molar-refractivity contribution in [1.29, 1.82) is 0 Å². The Balaban J connectivity index is 1.67. The molecule has 0 saturated carbocycles. The fourth-order valence-electron chi connectivity index (χ4n) is 3.11. The summed E-state index contributed by atoms with van der Waals surface area (Å²) < 4.78 is 66.5. The van der Waals surface area contributed by atoms with Gasteiger partial charge in [-0.25, -0.2) is 9.59 Å². The molecule has 0 bridgehead atoms. The molecule has 0 aliphatic carbocycles. The SMILES string of the molecule is CCCOC(=O)c1ccc(Oc2c(C(F)(F)F)oc3cc(OC(=O)c4ccco4)ccc3c2=O)cc1. The van der Waals surface area contributed by atoms with Crippen LogP contribution in [0.15, 0.2) is 74.5 Å². The second-order valence-corrected chi connectivity index (χ2v) is 7.37. The number of alkyl halides is 3. The molecule has 11 heteroatoms.